The Hall–Kier alpha value is -3.40. The Bertz CT molecular complexity index is 1250. The Labute approximate surface area is 214 Å². The Morgan fingerprint density at radius 1 is 1.19 bits per heavy atom. The highest BCUT2D eigenvalue weighted by Gasteiger charge is 2.26. The lowest BCUT2D eigenvalue weighted by atomic mass is 9.86. The number of alkyl carbamates (subject to hydrolysis) is 1. The molecule has 2 heterocycles. The van der Waals surface area contributed by atoms with Crippen molar-refractivity contribution in [2.24, 2.45) is 5.41 Å². The van der Waals surface area contributed by atoms with Crippen LogP contribution in [-0.2, 0) is 31.9 Å². The number of carboxylic acid groups (broad SMARTS) is 1. The van der Waals surface area contributed by atoms with Crippen LogP contribution in [0.2, 0.25) is 0 Å². The van der Waals surface area contributed by atoms with Crippen LogP contribution in [0.5, 0.6) is 0 Å². The van der Waals surface area contributed by atoms with Gasteiger partial charge in [0.1, 0.15) is 11.6 Å². The van der Waals surface area contributed by atoms with Crippen molar-refractivity contribution in [2.45, 2.75) is 66.0 Å². The predicted molar refractivity (Wildman–Crippen MR) is 138 cm³/mol. The topological polar surface area (TPSA) is 131 Å². The zero-order valence-electron chi connectivity index (χ0n) is 21.4. The van der Waals surface area contributed by atoms with Gasteiger partial charge in [-0.2, -0.15) is 0 Å². The standard InChI is InChI=1S/C26H33N3O6S/c1-15(30)34-14-26(5,6)11-17-12-27-19-8-7-16(9-18(17)19)21-13-36-22(28-21)10-20(23(31)32)29-24(33)35-25(2,3)4/h7-9,12-13,20,27H,10-11,14H2,1-6H3,(H,29,33)(H,31,32)/t20-/m0/s1. The zero-order chi connectivity index (χ0) is 26.7. The predicted octanol–water partition coefficient (Wildman–Crippen LogP) is 4.94. The summed E-state index contributed by atoms with van der Waals surface area (Å²) in [6, 6.07) is 4.84. The molecule has 0 radical (unpaired) electrons. The van der Waals surface area contributed by atoms with Crippen molar-refractivity contribution >= 4 is 40.3 Å². The quantitative estimate of drug-likeness (QED) is 0.344. The van der Waals surface area contributed by atoms with E-state index in [1.165, 1.54) is 18.3 Å². The molecule has 36 heavy (non-hydrogen) atoms. The number of hydrogen-bond acceptors (Lipinski definition) is 7. The van der Waals surface area contributed by atoms with Crippen LogP contribution in [0.1, 0.15) is 52.1 Å². The van der Waals surface area contributed by atoms with E-state index in [9.17, 15) is 19.5 Å². The summed E-state index contributed by atoms with van der Waals surface area (Å²) in [4.78, 5) is 42.9. The van der Waals surface area contributed by atoms with Crippen LogP contribution >= 0.6 is 11.3 Å². The number of rotatable bonds is 9. The third-order valence-corrected chi connectivity index (χ3v) is 6.19. The number of benzene rings is 1. The number of esters is 1. The summed E-state index contributed by atoms with van der Waals surface area (Å²) in [5.74, 6) is -1.46. The minimum atomic E-state index is -1.16. The van der Waals surface area contributed by atoms with Crippen LogP contribution in [0.4, 0.5) is 4.79 Å². The van der Waals surface area contributed by atoms with E-state index < -0.39 is 23.7 Å². The number of carbonyl (C=O) groups is 3. The van der Waals surface area contributed by atoms with Crippen molar-refractivity contribution in [2.75, 3.05) is 6.61 Å². The van der Waals surface area contributed by atoms with Gasteiger partial charge < -0.3 is 24.9 Å². The minimum absolute atomic E-state index is 0.0429. The number of carbonyl (C=O) groups excluding carboxylic acids is 2. The number of nitrogens with zero attached hydrogens (tertiary/aromatic N) is 1. The lowest BCUT2D eigenvalue weighted by Gasteiger charge is -2.23. The molecule has 1 atom stereocenters. The normalized spacial score (nSPS) is 12.8. The van der Waals surface area contributed by atoms with Gasteiger partial charge >= 0.3 is 18.0 Å². The van der Waals surface area contributed by atoms with Crippen molar-refractivity contribution in [3.63, 3.8) is 0 Å². The van der Waals surface area contributed by atoms with Gasteiger partial charge in [0.05, 0.1) is 17.3 Å². The van der Waals surface area contributed by atoms with Crippen LogP contribution in [0.25, 0.3) is 22.2 Å². The molecular formula is C26H33N3O6S. The Kier molecular flexibility index (Phi) is 8.08. The zero-order valence-corrected chi connectivity index (χ0v) is 22.2. The number of aliphatic carboxylic acids is 1. The highest BCUT2D eigenvalue weighted by molar-refractivity contribution is 7.10. The molecule has 3 N–H and O–H groups in total. The second-order valence-electron chi connectivity index (χ2n) is 10.6. The lowest BCUT2D eigenvalue weighted by Crippen LogP contribution is -2.44. The van der Waals surface area contributed by atoms with Gasteiger partial charge in [-0.25, -0.2) is 14.6 Å². The molecule has 1 aromatic carbocycles. The molecule has 2 aromatic heterocycles. The summed E-state index contributed by atoms with van der Waals surface area (Å²) < 4.78 is 10.4. The molecule has 0 aliphatic carbocycles. The maximum atomic E-state index is 12.1. The van der Waals surface area contributed by atoms with Crippen molar-refractivity contribution in [3.05, 3.63) is 40.3 Å². The number of amides is 1. The summed E-state index contributed by atoms with van der Waals surface area (Å²) in [5, 5.41) is 15.5. The maximum Gasteiger partial charge on any atom is 0.408 e. The van der Waals surface area contributed by atoms with E-state index in [0.717, 1.165) is 27.7 Å². The van der Waals surface area contributed by atoms with Crippen LogP contribution in [0.15, 0.2) is 29.8 Å². The van der Waals surface area contributed by atoms with E-state index in [1.54, 1.807) is 20.8 Å². The van der Waals surface area contributed by atoms with Crippen LogP contribution in [0.3, 0.4) is 0 Å². The van der Waals surface area contributed by atoms with Crippen LogP contribution in [-0.4, -0.2) is 51.4 Å². The van der Waals surface area contributed by atoms with Gasteiger partial charge in [0.2, 0.25) is 0 Å². The average molecular weight is 516 g/mol. The lowest BCUT2D eigenvalue weighted by molar-refractivity contribution is -0.144. The molecule has 0 aliphatic heterocycles. The molecule has 10 heteroatoms. The number of hydrogen-bond donors (Lipinski definition) is 3. The number of fused-ring (bicyclic) bond motifs is 1. The minimum Gasteiger partial charge on any atom is -0.480 e. The molecule has 0 saturated heterocycles. The molecule has 0 bridgehead atoms. The van der Waals surface area contributed by atoms with Gasteiger partial charge in [0, 0.05) is 46.8 Å². The smallest absolute Gasteiger partial charge is 0.408 e. The van der Waals surface area contributed by atoms with E-state index in [0.29, 0.717) is 18.0 Å². The largest absolute Gasteiger partial charge is 0.480 e. The third kappa shape index (κ3) is 7.55. The van der Waals surface area contributed by atoms with Crippen molar-refractivity contribution in [1.82, 2.24) is 15.3 Å². The summed E-state index contributed by atoms with van der Waals surface area (Å²) in [6.45, 7) is 11.0. The first-order valence-corrected chi connectivity index (χ1v) is 12.5. The molecule has 0 unspecified atom stereocenters. The first-order chi connectivity index (χ1) is 16.7. The van der Waals surface area contributed by atoms with E-state index in [2.05, 4.69) is 35.2 Å². The van der Waals surface area contributed by atoms with E-state index >= 15 is 0 Å². The fourth-order valence-corrected chi connectivity index (χ4v) is 4.56. The number of nitrogens with one attached hydrogen (secondary N) is 2. The third-order valence-electron chi connectivity index (χ3n) is 5.32. The monoisotopic (exact) mass is 515 g/mol. The number of carboxylic acids is 1. The van der Waals surface area contributed by atoms with Crippen molar-refractivity contribution < 1.29 is 29.0 Å². The van der Waals surface area contributed by atoms with E-state index in [1.807, 2.05) is 23.7 Å². The molecule has 0 spiro atoms. The van der Waals surface area contributed by atoms with Crippen LogP contribution < -0.4 is 5.32 Å². The molecule has 1 amide bonds. The Morgan fingerprint density at radius 2 is 1.92 bits per heavy atom. The molecular weight excluding hydrogens is 482 g/mol. The van der Waals surface area contributed by atoms with Gasteiger partial charge in [-0.3, -0.25) is 4.79 Å². The summed E-state index contributed by atoms with van der Waals surface area (Å²) >= 11 is 1.34. The molecule has 194 valence electrons. The van der Waals surface area contributed by atoms with Gasteiger partial charge in [-0.05, 0) is 44.9 Å². The molecule has 0 saturated carbocycles. The number of aromatic amines is 1. The summed E-state index contributed by atoms with van der Waals surface area (Å²) in [6.07, 6.45) is 1.94. The van der Waals surface area contributed by atoms with Crippen molar-refractivity contribution in [3.8, 4) is 11.3 Å². The van der Waals surface area contributed by atoms with Gasteiger partial charge in [-0.1, -0.05) is 19.9 Å². The highest BCUT2D eigenvalue weighted by Crippen LogP contribution is 2.31. The first kappa shape index (κ1) is 27.2. The van der Waals surface area contributed by atoms with Gasteiger partial charge in [0.25, 0.3) is 0 Å². The number of aromatic nitrogens is 2. The van der Waals surface area contributed by atoms with Gasteiger partial charge in [0.15, 0.2) is 0 Å². The van der Waals surface area contributed by atoms with Crippen LogP contribution in [0, 0.1) is 5.41 Å². The maximum absolute atomic E-state index is 12.1. The number of H-pyrrole nitrogens is 1. The Morgan fingerprint density at radius 3 is 2.56 bits per heavy atom. The summed E-state index contributed by atoms with van der Waals surface area (Å²) in [5.41, 5.74) is 2.75. The first-order valence-electron chi connectivity index (χ1n) is 11.6. The fourth-order valence-electron chi connectivity index (χ4n) is 3.71. The second kappa shape index (κ2) is 10.7. The summed E-state index contributed by atoms with van der Waals surface area (Å²) in [7, 11) is 0. The number of thiazole rings is 1. The number of ether oxygens (including phenoxy) is 2. The second-order valence-corrected chi connectivity index (χ2v) is 11.5. The molecule has 0 fully saturated rings. The SMILES string of the molecule is CC(=O)OCC(C)(C)Cc1c[nH]c2ccc(-c3csc(C[C@H](NC(=O)OC(C)(C)C)C(=O)O)n3)cc12. The van der Waals surface area contributed by atoms with E-state index in [-0.39, 0.29) is 17.8 Å². The average Bonchev–Trinajstić information content (AvgIpc) is 3.37. The molecule has 9 nitrogen and oxygen atoms in total. The molecule has 3 aromatic rings. The van der Waals surface area contributed by atoms with Crippen molar-refractivity contribution in [1.29, 1.82) is 0 Å². The van der Waals surface area contributed by atoms with E-state index in [4.69, 9.17) is 9.47 Å². The highest BCUT2D eigenvalue weighted by atomic mass is 32.1. The fraction of sp³-hybridized carbons (Fsp3) is 0.462. The van der Waals surface area contributed by atoms with Gasteiger partial charge in [-0.15, -0.1) is 11.3 Å². The Balaban J connectivity index is 1.77. The molecule has 3 rings (SSSR count). The molecule has 0 aliphatic rings.